The molecule has 1 atom stereocenters. The van der Waals surface area contributed by atoms with E-state index in [9.17, 15) is 0 Å². The molecule has 1 aromatic carbocycles. The number of hydrogen-bond donors (Lipinski definition) is 0. The van der Waals surface area contributed by atoms with Gasteiger partial charge in [-0.05, 0) is 61.8 Å². The molecule has 0 aliphatic heterocycles. The van der Waals surface area contributed by atoms with Crippen LogP contribution in [0.4, 0.5) is 0 Å². The minimum absolute atomic E-state index is 0.218. The van der Waals surface area contributed by atoms with Crippen molar-refractivity contribution in [1.29, 1.82) is 0 Å². The van der Waals surface area contributed by atoms with Gasteiger partial charge in [0.1, 0.15) is 5.15 Å². The summed E-state index contributed by atoms with van der Waals surface area (Å²) in [5, 5.41) is 0.792. The van der Waals surface area contributed by atoms with E-state index in [0.29, 0.717) is 5.15 Å². The van der Waals surface area contributed by atoms with Crippen molar-refractivity contribution in [2.24, 2.45) is 0 Å². The Morgan fingerprint density at radius 3 is 2.76 bits per heavy atom. The van der Waals surface area contributed by atoms with Gasteiger partial charge in [0, 0.05) is 11.0 Å². The Morgan fingerprint density at radius 1 is 1.10 bits per heavy atom. The SMILES string of the molecule is Cc1ccc2c(c1)C1(CC2)CCc2c(Cl)nc(Cl)nc2C1. The van der Waals surface area contributed by atoms with Gasteiger partial charge in [0.2, 0.25) is 5.28 Å². The molecule has 4 rings (SSSR count). The van der Waals surface area contributed by atoms with Gasteiger partial charge in [-0.3, -0.25) is 0 Å². The third-order valence-corrected chi connectivity index (χ3v) is 5.57. The van der Waals surface area contributed by atoms with Crippen molar-refractivity contribution in [2.75, 3.05) is 0 Å². The summed E-state index contributed by atoms with van der Waals surface area (Å²) < 4.78 is 0. The van der Waals surface area contributed by atoms with Crippen LogP contribution >= 0.6 is 23.2 Å². The van der Waals surface area contributed by atoms with Crippen LogP contribution in [0.15, 0.2) is 18.2 Å². The maximum absolute atomic E-state index is 6.23. The first-order valence-corrected chi connectivity index (χ1v) is 8.14. The Hall–Kier alpha value is -1.12. The number of nitrogens with zero attached hydrogens (tertiary/aromatic N) is 2. The molecule has 0 saturated carbocycles. The Bertz CT molecular complexity index is 742. The van der Waals surface area contributed by atoms with Crippen LogP contribution in [0.3, 0.4) is 0 Å². The summed E-state index contributed by atoms with van der Waals surface area (Å²) in [6.45, 7) is 2.17. The second-order valence-electron chi connectivity index (χ2n) is 6.33. The molecule has 0 fully saturated rings. The molecule has 0 N–H and O–H groups in total. The predicted octanol–water partition coefficient (Wildman–Crippen LogP) is 4.46. The standard InChI is InChI=1S/C17H16Cl2N2/c1-10-2-3-11-4-6-17(13(11)8-10)7-5-12-14(9-17)20-16(19)21-15(12)18/h2-3,8H,4-7,9H2,1H3. The van der Waals surface area contributed by atoms with Gasteiger partial charge in [-0.2, -0.15) is 0 Å². The van der Waals surface area contributed by atoms with E-state index in [2.05, 4.69) is 35.1 Å². The maximum Gasteiger partial charge on any atom is 0.224 e. The maximum atomic E-state index is 6.23. The van der Waals surface area contributed by atoms with E-state index in [1.807, 2.05) is 0 Å². The molecule has 1 aromatic heterocycles. The molecule has 0 saturated heterocycles. The molecule has 0 radical (unpaired) electrons. The number of aryl methyl sites for hydroxylation is 2. The second kappa shape index (κ2) is 4.69. The van der Waals surface area contributed by atoms with Crippen molar-refractivity contribution in [3.63, 3.8) is 0 Å². The summed E-state index contributed by atoms with van der Waals surface area (Å²) in [4.78, 5) is 8.54. The van der Waals surface area contributed by atoms with Crippen molar-refractivity contribution in [1.82, 2.24) is 9.97 Å². The fourth-order valence-corrected chi connectivity index (χ4v) is 4.51. The lowest BCUT2D eigenvalue weighted by Crippen LogP contribution is -2.32. The molecule has 1 heterocycles. The van der Waals surface area contributed by atoms with Gasteiger partial charge < -0.3 is 0 Å². The number of aromatic nitrogens is 2. The zero-order chi connectivity index (χ0) is 14.6. The molecule has 2 aromatic rings. The molecule has 4 heteroatoms. The van der Waals surface area contributed by atoms with Crippen molar-refractivity contribution in [3.05, 3.63) is 56.6 Å². The fourth-order valence-electron chi connectivity index (χ4n) is 3.99. The Morgan fingerprint density at radius 2 is 1.90 bits per heavy atom. The van der Waals surface area contributed by atoms with Gasteiger partial charge in [0.05, 0.1) is 5.69 Å². The van der Waals surface area contributed by atoms with Crippen molar-refractivity contribution < 1.29 is 0 Å². The molecule has 2 nitrogen and oxygen atoms in total. The van der Waals surface area contributed by atoms with Gasteiger partial charge in [-0.25, -0.2) is 9.97 Å². The van der Waals surface area contributed by atoms with Crippen LogP contribution in [0.25, 0.3) is 0 Å². The van der Waals surface area contributed by atoms with Crippen LogP contribution in [0, 0.1) is 6.92 Å². The van der Waals surface area contributed by atoms with E-state index >= 15 is 0 Å². The molecule has 1 unspecified atom stereocenters. The summed E-state index contributed by atoms with van der Waals surface area (Å²) in [5.74, 6) is 0. The first-order valence-electron chi connectivity index (χ1n) is 7.38. The minimum atomic E-state index is 0.218. The second-order valence-corrected chi connectivity index (χ2v) is 7.02. The summed E-state index contributed by atoms with van der Waals surface area (Å²) in [6, 6.07) is 6.86. The van der Waals surface area contributed by atoms with Crippen LogP contribution < -0.4 is 0 Å². The van der Waals surface area contributed by atoms with Crippen molar-refractivity contribution in [3.8, 4) is 0 Å². The normalized spacial score (nSPS) is 23.2. The van der Waals surface area contributed by atoms with Gasteiger partial charge >= 0.3 is 0 Å². The van der Waals surface area contributed by atoms with Gasteiger partial charge in [-0.15, -0.1) is 0 Å². The zero-order valence-electron chi connectivity index (χ0n) is 11.9. The lowest BCUT2D eigenvalue weighted by Gasteiger charge is -2.35. The van der Waals surface area contributed by atoms with Gasteiger partial charge in [-0.1, -0.05) is 35.4 Å². The quantitative estimate of drug-likeness (QED) is 0.529. The highest BCUT2D eigenvalue weighted by molar-refractivity contribution is 6.32. The summed E-state index contributed by atoms with van der Waals surface area (Å²) >= 11 is 12.2. The molecule has 2 aliphatic carbocycles. The van der Waals surface area contributed by atoms with Crippen LogP contribution in [0.5, 0.6) is 0 Å². The van der Waals surface area contributed by atoms with Crippen LogP contribution in [0.2, 0.25) is 10.4 Å². The van der Waals surface area contributed by atoms with Crippen LogP contribution in [-0.4, -0.2) is 9.97 Å². The Balaban J connectivity index is 1.82. The molecule has 2 aliphatic rings. The van der Waals surface area contributed by atoms with Gasteiger partial charge in [0.15, 0.2) is 0 Å². The number of hydrogen-bond acceptors (Lipinski definition) is 2. The molecule has 0 amide bonds. The molecule has 1 spiro atoms. The van der Waals surface area contributed by atoms with E-state index < -0.39 is 0 Å². The topological polar surface area (TPSA) is 25.8 Å². The molecular weight excluding hydrogens is 303 g/mol. The highest BCUT2D eigenvalue weighted by Crippen LogP contribution is 2.48. The average Bonchev–Trinajstić information content (AvgIpc) is 2.76. The molecule has 21 heavy (non-hydrogen) atoms. The van der Waals surface area contributed by atoms with E-state index in [0.717, 1.165) is 36.9 Å². The van der Waals surface area contributed by atoms with Crippen LogP contribution in [0.1, 0.15) is 40.8 Å². The molecule has 108 valence electrons. The monoisotopic (exact) mass is 318 g/mol. The highest BCUT2D eigenvalue weighted by Gasteiger charge is 2.42. The van der Waals surface area contributed by atoms with E-state index in [-0.39, 0.29) is 10.7 Å². The first kappa shape index (κ1) is 13.5. The van der Waals surface area contributed by atoms with Crippen molar-refractivity contribution in [2.45, 2.75) is 44.4 Å². The lowest BCUT2D eigenvalue weighted by atomic mass is 9.69. The smallest absolute Gasteiger partial charge is 0.223 e. The Labute approximate surface area is 134 Å². The lowest BCUT2D eigenvalue weighted by molar-refractivity contribution is 0.363. The van der Waals surface area contributed by atoms with E-state index in [4.69, 9.17) is 23.2 Å². The van der Waals surface area contributed by atoms with E-state index in [1.165, 1.54) is 23.1 Å². The number of rotatable bonds is 0. The predicted molar refractivity (Wildman–Crippen MR) is 85.3 cm³/mol. The largest absolute Gasteiger partial charge is 0.224 e. The third kappa shape index (κ3) is 2.08. The average molecular weight is 319 g/mol. The summed E-state index contributed by atoms with van der Waals surface area (Å²) in [7, 11) is 0. The third-order valence-electron chi connectivity index (χ3n) is 5.08. The fraction of sp³-hybridized carbons (Fsp3) is 0.412. The zero-order valence-corrected chi connectivity index (χ0v) is 13.4. The number of benzene rings is 1. The van der Waals surface area contributed by atoms with E-state index in [1.54, 1.807) is 0 Å². The molecular formula is C17H16Cl2N2. The minimum Gasteiger partial charge on any atom is -0.223 e. The Kier molecular flexibility index (Phi) is 3.02. The molecule has 0 bridgehead atoms. The van der Waals surface area contributed by atoms with Gasteiger partial charge in [0.25, 0.3) is 0 Å². The summed E-state index contributed by atoms with van der Waals surface area (Å²) in [5.41, 5.74) is 6.69. The highest BCUT2D eigenvalue weighted by atomic mass is 35.5. The summed E-state index contributed by atoms with van der Waals surface area (Å²) in [6.07, 6.45) is 5.36. The number of fused-ring (bicyclic) bond motifs is 3. The number of halogens is 2. The first-order chi connectivity index (χ1) is 10.1. The van der Waals surface area contributed by atoms with Crippen molar-refractivity contribution >= 4 is 23.2 Å². The van der Waals surface area contributed by atoms with Crippen LogP contribution in [-0.2, 0) is 24.7 Å².